The van der Waals surface area contributed by atoms with Gasteiger partial charge in [0.05, 0.1) is 9.88 Å². The lowest BCUT2D eigenvalue weighted by Gasteiger charge is -2.02. The fourth-order valence-corrected chi connectivity index (χ4v) is 2.97. The van der Waals surface area contributed by atoms with Crippen molar-refractivity contribution in [3.05, 3.63) is 40.5 Å². The highest BCUT2D eigenvalue weighted by Crippen LogP contribution is 2.32. The van der Waals surface area contributed by atoms with Crippen molar-refractivity contribution in [2.75, 3.05) is 0 Å². The molecule has 106 valence electrons. The molecule has 0 saturated heterocycles. The summed E-state index contributed by atoms with van der Waals surface area (Å²) in [5.74, 6) is -1.10. The van der Waals surface area contributed by atoms with Gasteiger partial charge >= 0.3 is 5.97 Å². The summed E-state index contributed by atoms with van der Waals surface area (Å²) < 4.78 is 25.0. The molecular formula is C14H13F2NO2S. The van der Waals surface area contributed by atoms with Gasteiger partial charge in [0.15, 0.2) is 5.69 Å². The van der Waals surface area contributed by atoms with Crippen molar-refractivity contribution >= 4 is 17.3 Å². The first-order chi connectivity index (χ1) is 9.52. The van der Waals surface area contributed by atoms with Crippen molar-refractivity contribution in [1.29, 1.82) is 0 Å². The number of hydrogen-bond acceptors (Lipinski definition) is 3. The molecular weight excluding hydrogens is 284 g/mol. The van der Waals surface area contributed by atoms with Crippen LogP contribution in [0.5, 0.6) is 0 Å². The van der Waals surface area contributed by atoms with Crippen molar-refractivity contribution < 1.29 is 18.7 Å². The Labute approximate surface area is 118 Å². The lowest BCUT2D eigenvalue weighted by Crippen LogP contribution is -1.99. The molecule has 0 radical (unpaired) electrons. The molecule has 0 saturated carbocycles. The van der Waals surface area contributed by atoms with Crippen LogP contribution < -0.4 is 0 Å². The van der Waals surface area contributed by atoms with E-state index in [0.717, 1.165) is 11.4 Å². The van der Waals surface area contributed by atoms with Gasteiger partial charge in [0.2, 0.25) is 0 Å². The minimum atomic E-state index is -2.53. The Bertz CT molecular complexity index is 608. The van der Waals surface area contributed by atoms with Crippen molar-refractivity contribution in [3.63, 3.8) is 0 Å². The molecule has 0 bridgehead atoms. The maximum atomic E-state index is 12.5. The van der Waals surface area contributed by atoms with Crippen LogP contribution in [-0.2, 0) is 6.42 Å². The van der Waals surface area contributed by atoms with Gasteiger partial charge in [0.1, 0.15) is 0 Å². The summed E-state index contributed by atoms with van der Waals surface area (Å²) in [6.45, 7) is 1.99. The van der Waals surface area contributed by atoms with Crippen LogP contribution in [0.25, 0.3) is 10.4 Å². The fraction of sp³-hybridized carbons (Fsp3) is 0.286. The van der Waals surface area contributed by atoms with Gasteiger partial charge < -0.3 is 5.11 Å². The van der Waals surface area contributed by atoms with Gasteiger partial charge in [-0.25, -0.2) is 18.6 Å². The molecule has 0 aliphatic heterocycles. The zero-order valence-electron chi connectivity index (χ0n) is 10.8. The summed E-state index contributed by atoms with van der Waals surface area (Å²) in [7, 11) is 0. The molecule has 0 atom stereocenters. The minimum absolute atomic E-state index is 0.0109. The van der Waals surface area contributed by atoms with Gasteiger partial charge in [0, 0.05) is 5.56 Å². The standard InChI is InChI=1S/C14H13F2NO2S/c1-2-3-10-17-11(14(18)19)12(20-10)8-4-6-9(7-5-8)13(15)16/h4-7,13H,2-3H2,1H3,(H,18,19). The van der Waals surface area contributed by atoms with E-state index in [-0.39, 0.29) is 11.3 Å². The van der Waals surface area contributed by atoms with E-state index in [2.05, 4.69) is 4.98 Å². The summed E-state index contributed by atoms with van der Waals surface area (Å²) in [5, 5.41) is 9.92. The second kappa shape index (κ2) is 6.09. The van der Waals surface area contributed by atoms with E-state index < -0.39 is 12.4 Å². The Hall–Kier alpha value is -1.82. The van der Waals surface area contributed by atoms with Crippen molar-refractivity contribution in [2.45, 2.75) is 26.2 Å². The summed E-state index contributed by atoms with van der Waals surface area (Å²) in [4.78, 5) is 15.8. The summed E-state index contributed by atoms with van der Waals surface area (Å²) >= 11 is 1.30. The lowest BCUT2D eigenvalue weighted by atomic mass is 10.1. The molecule has 2 aromatic rings. The Kier molecular flexibility index (Phi) is 4.44. The average Bonchev–Trinajstić information content (AvgIpc) is 2.83. The maximum absolute atomic E-state index is 12.5. The number of nitrogens with zero attached hydrogens (tertiary/aromatic N) is 1. The van der Waals surface area contributed by atoms with E-state index >= 15 is 0 Å². The molecule has 20 heavy (non-hydrogen) atoms. The van der Waals surface area contributed by atoms with Gasteiger partial charge in [-0.05, 0) is 18.4 Å². The van der Waals surface area contributed by atoms with Crippen LogP contribution in [-0.4, -0.2) is 16.1 Å². The average molecular weight is 297 g/mol. The summed E-state index contributed by atoms with van der Waals surface area (Å²) in [6.07, 6.45) is -0.948. The second-order valence-corrected chi connectivity index (χ2v) is 5.35. The molecule has 6 heteroatoms. The van der Waals surface area contributed by atoms with Crippen molar-refractivity contribution in [2.24, 2.45) is 0 Å². The van der Waals surface area contributed by atoms with Gasteiger partial charge in [-0.3, -0.25) is 0 Å². The van der Waals surface area contributed by atoms with Crippen LogP contribution in [0.1, 0.15) is 40.8 Å². The van der Waals surface area contributed by atoms with Crippen LogP contribution >= 0.6 is 11.3 Å². The molecule has 1 heterocycles. The lowest BCUT2D eigenvalue weighted by molar-refractivity contribution is 0.0692. The highest BCUT2D eigenvalue weighted by Gasteiger charge is 2.19. The predicted molar refractivity (Wildman–Crippen MR) is 73.5 cm³/mol. The Morgan fingerprint density at radius 2 is 2.00 bits per heavy atom. The monoisotopic (exact) mass is 297 g/mol. The molecule has 1 N–H and O–H groups in total. The molecule has 0 fully saturated rings. The first kappa shape index (κ1) is 14.6. The number of carboxylic acids is 1. The van der Waals surface area contributed by atoms with Gasteiger partial charge in [-0.1, -0.05) is 31.2 Å². The van der Waals surface area contributed by atoms with E-state index in [0.29, 0.717) is 16.9 Å². The molecule has 0 spiro atoms. The number of carbonyl (C=O) groups is 1. The van der Waals surface area contributed by atoms with Crippen LogP contribution in [0.2, 0.25) is 0 Å². The van der Waals surface area contributed by atoms with E-state index in [4.69, 9.17) is 0 Å². The molecule has 0 aliphatic carbocycles. The summed E-state index contributed by atoms with van der Waals surface area (Å²) in [5.41, 5.74) is 0.513. The number of alkyl halides is 2. The number of benzene rings is 1. The highest BCUT2D eigenvalue weighted by atomic mass is 32.1. The number of thiazole rings is 1. The van der Waals surface area contributed by atoms with Crippen molar-refractivity contribution in [1.82, 2.24) is 4.98 Å². The molecule has 2 rings (SSSR count). The van der Waals surface area contributed by atoms with Crippen LogP contribution in [0.4, 0.5) is 8.78 Å². The second-order valence-electron chi connectivity index (χ2n) is 4.26. The topological polar surface area (TPSA) is 50.2 Å². The maximum Gasteiger partial charge on any atom is 0.356 e. The third-order valence-corrected chi connectivity index (χ3v) is 3.93. The number of halogens is 2. The van der Waals surface area contributed by atoms with Gasteiger partial charge in [-0.15, -0.1) is 11.3 Å². The molecule has 0 unspecified atom stereocenters. The fourth-order valence-electron chi connectivity index (χ4n) is 1.81. The molecule has 3 nitrogen and oxygen atoms in total. The Morgan fingerprint density at radius 3 is 2.50 bits per heavy atom. The van der Waals surface area contributed by atoms with Crippen LogP contribution in [0.15, 0.2) is 24.3 Å². The van der Waals surface area contributed by atoms with Gasteiger partial charge in [-0.2, -0.15) is 0 Å². The molecule has 1 aromatic heterocycles. The third-order valence-electron chi connectivity index (χ3n) is 2.76. The number of aryl methyl sites for hydroxylation is 1. The normalized spacial score (nSPS) is 11.0. The predicted octanol–water partition coefficient (Wildman–Crippen LogP) is 4.40. The number of aromatic nitrogens is 1. The third kappa shape index (κ3) is 3.01. The molecule has 0 aliphatic rings. The smallest absolute Gasteiger partial charge is 0.356 e. The van der Waals surface area contributed by atoms with E-state index in [1.54, 1.807) is 0 Å². The number of aromatic carboxylic acids is 1. The molecule has 0 amide bonds. The first-order valence-corrected chi connectivity index (χ1v) is 6.96. The zero-order valence-corrected chi connectivity index (χ0v) is 11.6. The van der Waals surface area contributed by atoms with Crippen LogP contribution in [0.3, 0.4) is 0 Å². The van der Waals surface area contributed by atoms with E-state index in [9.17, 15) is 18.7 Å². The van der Waals surface area contributed by atoms with E-state index in [1.165, 1.54) is 35.6 Å². The van der Waals surface area contributed by atoms with Crippen molar-refractivity contribution in [3.8, 4) is 10.4 Å². The SMILES string of the molecule is CCCc1nc(C(=O)O)c(-c2ccc(C(F)F)cc2)s1. The quantitative estimate of drug-likeness (QED) is 0.890. The minimum Gasteiger partial charge on any atom is -0.476 e. The summed E-state index contributed by atoms with van der Waals surface area (Å²) in [6, 6.07) is 5.64. The first-order valence-electron chi connectivity index (χ1n) is 6.14. The number of rotatable bonds is 5. The number of hydrogen-bond donors (Lipinski definition) is 1. The van der Waals surface area contributed by atoms with Crippen LogP contribution in [0, 0.1) is 0 Å². The number of carboxylic acid groups (broad SMARTS) is 1. The Balaban J connectivity index is 2.42. The van der Waals surface area contributed by atoms with E-state index in [1.807, 2.05) is 6.92 Å². The largest absolute Gasteiger partial charge is 0.476 e. The Morgan fingerprint density at radius 1 is 1.35 bits per heavy atom. The zero-order chi connectivity index (χ0) is 14.7. The van der Waals surface area contributed by atoms with Gasteiger partial charge in [0.25, 0.3) is 6.43 Å². The molecule has 1 aromatic carbocycles. The highest BCUT2D eigenvalue weighted by molar-refractivity contribution is 7.15.